The Kier molecular flexibility index (Phi) is 9.45. The zero-order valence-electron chi connectivity index (χ0n) is 22.8. The van der Waals surface area contributed by atoms with Gasteiger partial charge < -0.3 is 25.2 Å². The van der Waals surface area contributed by atoms with Gasteiger partial charge in [0.2, 0.25) is 0 Å². The Labute approximate surface area is 243 Å². The van der Waals surface area contributed by atoms with E-state index in [1.165, 1.54) is 25.6 Å². The SMILES string of the molecule is COc1cc2c(Nc3ccc(NC(=O)c4cccc(Cl)c4)nc3)ncnc2cc1OCCCN(CCO)C1CCC1. The topological polar surface area (TPSA) is 122 Å². The van der Waals surface area contributed by atoms with Crippen molar-refractivity contribution >= 4 is 45.7 Å². The highest BCUT2D eigenvalue weighted by atomic mass is 35.5. The molecule has 0 atom stereocenters. The fraction of sp³-hybridized carbons (Fsp3) is 0.333. The van der Waals surface area contributed by atoms with Crippen LogP contribution >= 0.6 is 11.6 Å². The number of carbonyl (C=O) groups excluding carboxylic acids is 1. The average Bonchev–Trinajstić information content (AvgIpc) is 2.95. The summed E-state index contributed by atoms with van der Waals surface area (Å²) in [6.07, 6.45) is 7.61. The van der Waals surface area contributed by atoms with Crippen molar-refractivity contribution < 1.29 is 19.4 Å². The maximum Gasteiger partial charge on any atom is 0.256 e. The monoisotopic (exact) mass is 576 g/mol. The predicted molar refractivity (Wildman–Crippen MR) is 159 cm³/mol. The smallest absolute Gasteiger partial charge is 0.256 e. The van der Waals surface area contributed by atoms with Crippen molar-refractivity contribution in [2.45, 2.75) is 31.7 Å². The zero-order chi connectivity index (χ0) is 28.6. The molecule has 1 aliphatic rings. The summed E-state index contributed by atoms with van der Waals surface area (Å²) in [5.74, 6) is 1.89. The number of anilines is 3. The molecule has 4 aromatic rings. The van der Waals surface area contributed by atoms with E-state index in [4.69, 9.17) is 21.1 Å². The van der Waals surface area contributed by atoms with Crippen LogP contribution in [0.4, 0.5) is 17.3 Å². The molecule has 11 heteroatoms. The van der Waals surface area contributed by atoms with Crippen molar-refractivity contribution in [1.82, 2.24) is 19.9 Å². The van der Waals surface area contributed by atoms with Crippen LogP contribution in [-0.2, 0) is 0 Å². The highest BCUT2D eigenvalue weighted by Crippen LogP contribution is 2.35. The molecule has 214 valence electrons. The lowest BCUT2D eigenvalue weighted by molar-refractivity contribution is 0.0950. The van der Waals surface area contributed by atoms with Gasteiger partial charge in [0, 0.05) is 41.2 Å². The molecule has 1 amide bonds. The van der Waals surface area contributed by atoms with Gasteiger partial charge in [-0.05, 0) is 55.7 Å². The fourth-order valence-electron chi connectivity index (χ4n) is 4.74. The highest BCUT2D eigenvalue weighted by molar-refractivity contribution is 6.31. The Morgan fingerprint density at radius 3 is 2.68 bits per heavy atom. The second-order valence-electron chi connectivity index (χ2n) is 9.81. The van der Waals surface area contributed by atoms with Gasteiger partial charge in [0.25, 0.3) is 5.91 Å². The van der Waals surface area contributed by atoms with Crippen LogP contribution in [0.5, 0.6) is 11.5 Å². The largest absolute Gasteiger partial charge is 0.493 e. The van der Waals surface area contributed by atoms with Crippen LogP contribution in [0.1, 0.15) is 36.0 Å². The van der Waals surface area contributed by atoms with E-state index in [0.717, 1.165) is 18.4 Å². The quantitative estimate of drug-likeness (QED) is 0.182. The normalized spacial score (nSPS) is 13.2. The van der Waals surface area contributed by atoms with Crippen LogP contribution in [0.25, 0.3) is 10.9 Å². The van der Waals surface area contributed by atoms with Crippen molar-refractivity contribution in [3.63, 3.8) is 0 Å². The first kappa shape index (κ1) is 28.5. The van der Waals surface area contributed by atoms with Gasteiger partial charge in [0.15, 0.2) is 11.5 Å². The Hall–Kier alpha value is -3.99. The molecule has 41 heavy (non-hydrogen) atoms. The molecule has 2 aromatic carbocycles. The molecule has 1 saturated carbocycles. The molecule has 3 N–H and O–H groups in total. The van der Waals surface area contributed by atoms with E-state index in [9.17, 15) is 9.90 Å². The Balaban J connectivity index is 1.23. The van der Waals surface area contributed by atoms with Crippen LogP contribution < -0.4 is 20.1 Å². The number of aliphatic hydroxyl groups is 1. The summed E-state index contributed by atoms with van der Waals surface area (Å²) < 4.78 is 11.7. The molecule has 0 aliphatic heterocycles. The number of rotatable bonds is 13. The summed E-state index contributed by atoms with van der Waals surface area (Å²) in [5.41, 5.74) is 1.83. The number of aliphatic hydroxyl groups excluding tert-OH is 1. The molecular formula is C30H33ClN6O4. The predicted octanol–water partition coefficient (Wildman–Crippen LogP) is 5.30. The number of amides is 1. The number of halogens is 1. The number of carbonyl (C=O) groups is 1. The number of methoxy groups -OCH3 is 1. The number of hydrogen-bond donors (Lipinski definition) is 3. The third-order valence-electron chi connectivity index (χ3n) is 7.10. The summed E-state index contributed by atoms with van der Waals surface area (Å²) in [6.45, 7) is 2.28. The van der Waals surface area contributed by atoms with E-state index >= 15 is 0 Å². The molecule has 5 rings (SSSR count). The van der Waals surface area contributed by atoms with E-state index < -0.39 is 0 Å². The summed E-state index contributed by atoms with van der Waals surface area (Å²) in [6, 6.07) is 14.5. The van der Waals surface area contributed by atoms with Crippen molar-refractivity contribution in [1.29, 1.82) is 0 Å². The van der Waals surface area contributed by atoms with Gasteiger partial charge in [-0.3, -0.25) is 9.69 Å². The lowest BCUT2D eigenvalue weighted by Crippen LogP contribution is -2.42. The summed E-state index contributed by atoms with van der Waals surface area (Å²) in [7, 11) is 1.60. The first-order valence-electron chi connectivity index (χ1n) is 13.6. The maximum atomic E-state index is 12.5. The molecule has 1 aliphatic carbocycles. The highest BCUT2D eigenvalue weighted by Gasteiger charge is 2.24. The first-order chi connectivity index (χ1) is 20.0. The number of nitrogens with one attached hydrogen (secondary N) is 2. The first-order valence-corrected chi connectivity index (χ1v) is 14.0. The van der Waals surface area contributed by atoms with Crippen molar-refractivity contribution in [2.24, 2.45) is 0 Å². The molecule has 0 saturated heterocycles. The molecule has 10 nitrogen and oxygen atoms in total. The van der Waals surface area contributed by atoms with Crippen molar-refractivity contribution in [2.75, 3.05) is 44.0 Å². The molecule has 0 radical (unpaired) electrons. The molecule has 0 unspecified atom stereocenters. The van der Waals surface area contributed by atoms with Gasteiger partial charge in [-0.1, -0.05) is 24.1 Å². The molecule has 2 aromatic heterocycles. The Morgan fingerprint density at radius 1 is 1.10 bits per heavy atom. The van der Waals surface area contributed by atoms with Crippen molar-refractivity contribution in [3.8, 4) is 11.5 Å². The fourth-order valence-corrected chi connectivity index (χ4v) is 4.93. The number of pyridine rings is 1. The summed E-state index contributed by atoms with van der Waals surface area (Å²) in [5, 5.41) is 16.7. The number of nitrogens with zero attached hydrogens (tertiary/aromatic N) is 4. The van der Waals surface area contributed by atoms with Gasteiger partial charge in [-0.25, -0.2) is 15.0 Å². The maximum absolute atomic E-state index is 12.5. The molecule has 0 spiro atoms. The van der Waals surface area contributed by atoms with Crippen LogP contribution in [0, 0.1) is 0 Å². The van der Waals surface area contributed by atoms with Crippen LogP contribution in [0.2, 0.25) is 5.02 Å². The second kappa shape index (κ2) is 13.6. The van der Waals surface area contributed by atoms with E-state index in [-0.39, 0.29) is 12.5 Å². The summed E-state index contributed by atoms with van der Waals surface area (Å²) in [4.78, 5) is 28.0. The van der Waals surface area contributed by atoms with Gasteiger partial charge in [0.05, 0.1) is 37.7 Å². The van der Waals surface area contributed by atoms with Gasteiger partial charge in [-0.15, -0.1) is 0 Å². The third-order valence-corrected chi connectivity index (χ3v) is 7.34. The Bertz CT molecular complexity index is 1480. The van der Waals surface area contributed by atoms with Crippen molar-refractivity contribution in [3.05, 3.63) is 71.6 Å². The van der Waals surface area contributed by atoms with Gasteiger partial charge in [-0.2, -0.15) is 0 Å². The average molecular weight is 577 g/mol. The van der Waals surface area contributed by atoms with E-state index in [1.54, 1.807) is 49.7 Å². The van der Waals surface area contributed by atoms with Gasteiger partial charge >= 0.3 is 0 Å². The van der Waals surface area contributed by atoms with E-state index in [1.807, 2.05) is 12.1 Å². The minimum atomic E-state index is -0.298. The molecule has 2 heterocycles. The summed E-state index contributed by atoms with van der Waals surface area (Å²) >= 11 is 5.99. The Morgan fingerprint density at radius 2 is 1.98 bits per heavy atom. The number of hydrogen-bond acceptors (Lipinski definition) is 9. The number of ether oxygens (including phenoxy) is 2. The second-order valence-corrected chi connectivity index (χ2v) is 10.2. The lowest BCUT2D eigenvalue weighted by Gasteiger charge is -2.37. The van der Waals surface area contributed by atoms with E-state index in [0.29, 0.717) is 64.1 Å². The van der Waals surface area contributed by atoms with Crippen LogP contribution in [0.3, 0.4) is 0 Å². The lowest BCUT2D eigenvalue weighted by atomic mass is 9.91. The number of aromatic nitrogens is 3. The minimum absolute atomic E-state index is 0.173. The van der Waals surface area contributed by atoms with Gasteiger partial charge in [0.1, 0.15) is 18.0 Å². The minimum Gasteiger partial charge on any atom is -0.493 e. The molecule has 0 bridgehead atoms. The van der Waals surface area contributed by atoms with E-state index in [2.05, 4.69) is 30.5 Å². The molecule has 1 fully saturated rings. The standard InChI is InChI=1S/C30H33ClN6O4/c1-40-26-16-24-25(17-27(26)41-14-4-11-37(12-13-38)23-7-3-8-23)33-19-34-29(24)35-22-9-10-28(32-18-22)36-30(39)20-5-2-6-21(31)15-20/h2,5-6,9-10,15-19,23,38H,3-4,7-8,11-14H2,1H3,(H,32,36,39)(H,33,34,35). The molecular weight excluding hydrogens is 544 g/mol. The number of fused-ring (bicyclic) bond motifs is 1. The zero-order valence-corrected chi connectivity index (χ0v) is 23.6. The number of benzene rings is 2. The third kappa shape index (κ3) is 7.21. The van der Waals surface area contributed by atoms with Crippen LogP contribution in [-0.4, -0.2) is 70.3 Å². The van der Waals surface area contributed by atoms with Crippen LogP contribution in [0.15, 0.2) is 61.1 Å².